The number of hydrogen-bond acceptors (Lipinski definition) is 4. The van der Waals surface area contributed by atoms with Crippen LogP contribution in [0, 0.1) is 11.7 Å². The van der Waals surface area contributed by atoms with Crippen molar-refractivity contribution in [2.24, 2.45) is 5.92 Å². The zero-order valence-corrected chi connectivity index (χ0v) is 14.0. The van der Waals surface area contributed by atoms with Crippen molar-refractivity contribution in [3.63, 3.8) is 0 Å². The van der Waals surface area contributed by atoms with Crippen molar-refractivity contribution in [3.05, 3.63) is 60.0 Å². The molecule has 0 bridgehead atoms. The smallest absolute Gasteiger partial charge is 0.410 e. The number of carbonyl (C=O) groups is 1. The van der Waals surface area contributed by atoms with E-state index in [0.29, 0.717) is 32.2 Å². The lowest BCUT2D eigenvalue weighted by molar-refractivity contribution is 0.0832. The number of piperidine rings is 1. The number of aromatic nitrogens is 1. The van der Waals surface area contributed by atoms with Crippen molar-refractivity contribution < 1.29 is 13.9 Å². The third-order valence-electron chi connectivity index (χ3n) is 4.39. The lowest BCUT2D eigenvalue weighted by atomic mass is 9.97. The van der Waals surface area contributed by atoms with Crippen LogP contribution in [-0.2, 0) is 11.3 Å². The van der Waals surface area contributed by atoms with Gasteiger partial charge < -0.3 is 15.0 Å². The topological polar surface area (TPSA) is 54.5 Å². The van der Waals surface area contributed by atoms with E-state index in [2.05, 4.69) is 10.3 Å². The Hall–Kier alpha value is -2.63. The number of nitrogens with one attached hydrogen (secondary N) is 1. The summed E-state index contributed by atoms with van der Waals surface area (Å²) in [4.78, 5) is 17.9. The number of likely N-dealkylation sites (tertiary alicyclic amines) is 1. The summed E-state index contributed by atoms with van der Waals surface area (Å²) >= 11 is 0. The van der Waals surface area contributed by atoms with Gasteiger partial charge in [0, 0.05) is 25.8 Å². The molecule has 25 heavy (non-hydrogen) atoms. The van der Waals surface area contributed by atoms with Gasteiger partial charge in [0.25, 0.3) is 0 Å². The Balaban J connectivity index is 1.39. The Morgan fingerprint density at radius 2 is 1.96 bits per heavy atom. The van der Waals surface area contributed by atoms with Crippen molar-refractivity contribution >= 4 is 11.9 Å². The third-order valence-corrected chi connectivity index (χ3v) is 4.39. The fourth-order valence-electron chi connectivity index (χ4n) is 2.89. The molecule has 0 radical (unpaired) electrons. The molecule has 1 saturated heterocycles. The van der Waals surface area contributed by atoms with E-state index in [1.807, 2.05) is 30.3 Å². The first-order chi connectivity index (χ1) is 12.2. The minimum atomic E-state index is -0.343. The maximum Gasteiger partial charge on any atom is 0.410 e. The lowest BCUT2D eigenvalue weighted by Crippen LogP contribution is -2.40. The molecule has 5 nitrogen and oxygen atoms in total. The summed E-state index contributed by atoms with van der Waals surface area (Å²) in [6.07, 6.45) is 3.02. The molecular formula is C19H22FN3O2. The fraction of sp³-hybridized carbons (Fsp3) is 0.368. The molecule has 6 heteroatoms. The van der Waals surface area contributed by atoms with Crippen molar-refractivity contribution in [2.75, 3.05) is 25.0 Å². The van der Waals surface area contributed by atoms with Crippen LogP contribution < -0.4 is 5.32 Å². The molecule has 2 heterocycles. The zero-order chi connectivity index (χ0) is 17.5. The molecule has 1 aliphatic heterocycles. The molecular weight excluding hydrogens is 321 g/mol. The molecule has 132 valence electrons. The molecule has 1 aromatic carbocycles. The second-order valence-electron chi connectivity index (χ2n) is 6.19. The number of nitrogens with zero attached hydrogens (tertiary/aromatic N) is 2. The van der Waals surface area contributed by atoms with Crippen LogP contribution in [0.15, 0.2) is 48.7 Å². The second-order valence-corrected chi connectivity index (χ2v) is 6.19. The first kappa shape index (κ1) is 17.2. The minimum absolute atomic E-state index is 0.272. The summed E-state index contributed by atoms with van der Waals surface area (Å²) in [6, 6.07) is 12.6. The number of rotatable bonds is 5. The van der Waals surface area contributed by atoms with Gasteiger partial charge in [0.15, 0.2) is 11.6 Å². The van der Waals surface area contributed by atoms with Crippen molar-refractivity contribution in [2.45, 2.75) is 19.4 Å². The van der Waals surface area contributed by atoms with Crippen LogP contribution in [0.1, 0.15) is 18.4 Å². The summed E-state index contributed by atoms with van der Waals surface area (Å²) in [5.74, 6) is 0.330. The molecule has 1 N–H and O–H groups in total. The quantitative estimate of drug-likeness (QED) is 0.900. The number of amides is 1. The summed E-state index contributed by atoms with van der Waals surface area (Å²) in [5, 5.41) is 3.05. The predicted octanol–water partition coefficient (Wildman–Crippen LogP) is 3.68. The Morgan fingerprint density at radius 3 is 2.68 bits per heavy atom. The summed E-state index contributed by atoms with van der Waals surface area (Å²) in [6.45, 7) is 2.26. The highest BCUT2D eigenvalue weighted by atomic mass is 19.1. The van der Waals surface area contributed by atoms with Gasteiger partial charge in [0.2, 0.25) is 0 Å². The molecule has 0 saturated carbocycles. The minimum Gasteiger partial charge on any atom is -0.445 e. The second kappa shape index (κ2) is 8.46. The van der Waals surface area contributed by atoms with Gasteiger partial charge in [0.1, 0.15) is 6.61 Å². The molecule has 1 aliphatic rings. The SMILES string of the molecule is O=C(OCc1ccccc1)N1CCC(CNc2ncccc2F)CC1. The van der Waals surface area contributed by atoms with E-state index in [4.69, 9.17) is 4.74 Å². The van der Waals surface area contributed by atoms with Crippen LogP contribution in [0.3, 0.4) is 0 Å². The number of anilines is 1. The van der Waals surface area contributed by atoms with E-state index in [0.717, 1.165) is 18.4 Å². The standard InChI is InChI=1S/C19H22FN3O2/c20-17-7-4-10-21-18(17)22-13-15-8-11-23(12-9-15)19(24)25-14-16-5-2-1-3-6-16/h1-7,10,15H,8-9,11-14H2,(H,21,22). The molecule has 0 spiro atoms. The summed E-state index contributed by atoms with van der Waals surface area (Å²) < 4.78 is 18.9. The van der Waals surface area contributed by atoms with Crippen LogP contribution in [0.5, 0.6) is 0 Å². The van der Waals surface area contributed by atoms with Crippen LogP contribution in [0.4, 0.5) is 15.0 Å². The van der Waals surface area contributed by atoms with Crippen molar-refractivity contribution in [1.29, 1.82) is 0 Å². The summed E-state index contributed by atoms with van der Waals surface area (Å²) in [5.41, 5.74) is 0.979. The number of carbonyl (C=O) groups excluding carboxylic acids is 1. The normalized spacial score (nSPS) is 15.0. The van der Waals surface area contributed by atoms with Gasteiger partial charge in [0.05, 0.1) is 0 Å². The van der Waals surface area contributed by atoms with Gasteiger partial charge in [-0.3, -0.25) is 0 Å². The van der Waals surface area contributed by atoms with Crippen LogP contribution in [-0.4, -0.2) is 35.6 Å². The molecule has 2 aromatic rings. The first-order valence-corrected chi connectivity index (χ1v) is 8.52. The molecule has 0 aliphatic carbocycles. The maximum absolute atomic E-state index is 13.5. The molecule has 1 fully saturated rings. The number of benzene rings is 1. The highest BCUT2D eigenvalue weighted by Gasteiger charge is 2.23. The van der Waals surface area contributed by atoms with Gasteiger partial charge in [-0.05, 0) is 36.5 Å². The van der Waals surface area contributed by atoms with E-state index in [-0.39, 0.29) is 17.7 Å². The third kappa shape index (κ3) is 4.92. The van der Waals surface area contributed by atoms with Gasteiger partial charge in [-0.2, -0.15) is 0 Å². The van der Waals surface area contributed by atoms with E-state index in [1.54, 1.807) is 17.2 Å². The molecule has 0 atom stereocenters. The number of ether oxygens (including phenoxy) is 1. The molecule has 1 aromatic heterocycles. The van der Waals surface area contributed by atoms with E-state index >= 15 is 0 Å². The largest absolute Gasteiger partial charge is 0.445 e. The first-order valence-electron chi connectivity index (χ1n) is 8.52. The average molecular weight is 343 g/mol. The van der Waals surface area contributed by atoms with Gasteiger partial charge in [-0.25, -0.2) is 14.2 Å². The van der Waals surface area contributed by atoms with Gasteiger partial charge in [-0.1, -0.05) is 30.3 Å². The number of halogens is 1. The van der Waals surface area contributed by atoms with Crippen molar-refractivity contribution in [1.82, 2.24) is 9.88 Å². The Kier molecular flexibility index (Phi) is 5.82. The Labute approximate surface area is 146 Å². The summed E-state index contributed by atoms with van der Waals surface area (Å²) in [7, 11) is 0. The lowest BCUT2D eigenvalue weighted by Gasteiger charge is -2.31. The van der Waals surface area contributed by atoms with Crippen LogP contribution >= 0.6 is 0 Å². The van der Waals surface area contributed by atoms with Crippen LogP contribution in [0.2, 0.25) is 0 Å². The molecule has 0 unspecified atom stereocenters. The Bertz CT molecular complexity index is 688. The molecule has 3 rings (SSSR count). The van der Waals surface area contributed by atoms with E-state index in [1.165, 1.54) is 6.07 Å². The maximum atomic E-state index is 13.5. The fourth-order valence-corrected chi connectivity index (χ4v) is 2.89. The predicted molar refractivity (Wildman–Crippen MR) is 93.6 cm³/mol. The zero-order valence-electron chi connectivity index (χ0n) is 14.0. The van der Waals surface area contributed by atoms with E-state index in [9.17, 15) is 9.18 Å². The van der Waals surface area contributed by atoms with E-state index < -0.39 is 0 Å². The Morgan fingerprint density at radius 1 is 1.20 bits per heavy atom. The van der Waals surface area contributed by atoms with Gasteiger partial charge in [-0.15, -0.1) is 0 Å². The number of pyridine rings is 1. The average Bonchev–Trinajstić information content (AvgIpc) is 2.67. The number of hydrogen-bond donors (Lipinski definition) is 1. The highest BCUT2D eigenvalue weighted by molar-refractivity contribution is 5.67. The highest BCUT2D eigenvalue weighted by Crippen LogP contribution is 2.19. The monoisotopic (exact) mass is 343 g/mol. The van der Waals surface area contributed by atoms with Gasteiger partial charge >= 0.3 is 6.09 Å². The molecule has 1 amide bonds. The van der Waals surface area contributed by atoms with Crippen molar-refractivity contribution in [3.8, 4) is 0 Å². The van der Waals surface area contributed by atoms with Crippen LogP contribution in [0.25, 0.3) is 0 Å².